The summed E-state index contributed by atoms with van der Waals surface area (Å²) < 4.78 is 10.0. The van der Waals surface area contributed by atoms with Crippen molar-refractivity contribution in [3.8, 4) is 5.75 Å². The van der Waals surface area contributed by atoms with E-state index in [-0.39, 0.29) is 0 Å². The Hall–Kier alpha value is -2.81. The number of ether oxygens (including phenoxy) is 2. The largest absolute Gasteiger partial charge is 0.495 e. The van der Waals surface area contributed by atoms with Crippen molar-refractivity contribution in [2.24, 2.45) is 0 Å². The van der Waals surface area contributed by atoms with Crippen LogP contribution in [0.1, 0.15) is 25.7 Å². The number of halogens is 1. The van der Waals surface area contributed by atoms with Crippen molar-refractivity contribution in [2.45, 2.75) is 31.2 Å². The average molecular weight is 410 g/mol. The highest BCUT2D eigenvalue weighted by molar-refractivity contribution is 6.31. The van der Waals surface area contributed by atoms with Gasteiger partial charge in [-0.25, -0.2) is 4.79 Å². The fourth-order valence-electron chi connectivity index (χ4n) is 3.42. The molecular formula is C18H20ClN3O6. The number of methoxy groups -OCH3 is 1. The van der Waals surface area contributed by atoms with Crippen molar-refractivity contribution >= 4 is 41.1 Å². The number of hydrogen-bond donors (Lipinski definition) is 2. The number of rotatable bonds is 6. The lowest BCUT2D eigenvalue weighted by molar-refractivity contribution is -0.150. The van der Waals surface area contributed by atoms with E-state index < -0.39 is 42.5 Å². The number of anilines is 1. The zero-order valence-corrected chi connectivity index (χ0v) is 16.0. The van der Waals surface area contributed by atoms with Crippen molar-refractivity contribution < 1.29 is 28.7 Å². The zero-order chi connectivity index (χ0) is 20.3. The monoisotopic (exact) mass is 409 g/mol. The maximum absolute atomic E-state index is 12.5. The Morgan fingerprint density at radius 2 is 2.00 bits per heavy atom. The molecule has 28 heavy (non-hydrogen) atoms. The number of amides is 4. The van der Waals surface area contributed by atoms with Crippen molar-refractivity contribution in [3.05, 3.63) is 23.2 Å². The van der Waals surface area contributed by atoms with Crippen LogP contribution in [0.4, 0.5) is 10.5 Å². The van der Waals surface area contributed by atoms with Gasteiger partial charge in [0, 0.05) is 5.02 Å². The van der Waals surface area contributed by atoms with Crippen LogP contribution in [0.2, 0.25) is 5.02 Å². The normalized spacial score (nSPS) is 17.6. The van der Waals surface area contributed by atoms with Crippen LogP contribution in [0, 0.1) is 0 Å². The molecule has 1 aliphatic carbocycles. The Balaban J connectivity index is 1.52. The highest BCUT2D eigenvalue weighted by Crippen LogP contribution is 2.35. The molecule has 9 nitrogen and oxygen atoms in total. The first-order valence-electron chi connectivity index (χ1n) is 8.78. The summed E-state index contributed by atoms with van der Waals surface area (Å²) in [5.74, 6) is -1.49. The molecule has 0 radical (unpaired) electrons. The van der Waals surface area contributed by atoms with Gasteiger partial charge in [-0.2, -0.15) is 0 Å². The maximum atomic E-state index is 12.5. The van der Waals surface area contributed by atoms with Gasteiger partial charge in [0.2, 0.25) is 0 Å². The van der Waals surface area contributed by atoms with Crippen molar-refractivity contribution in [1.82, 2.24) is 10.2 Å². The molecule has 10 heteroatoms. The number of urea groups is 1. The number of nitrogens with zero attached hydrogens (tertiary/aromatic N) is 1. The second-order valence-corrected chi connectivity index (χ2v) is 7.10. The van der Waals surface area contributed by atoms with E-state index >= 15 is 0 Å². The molecule has 4 amide bonds. The lowest BCUT2D eigenvalue weighted by atomic mass is 9.98. The van der Waals surface area contributed by atoms with E-state index in [1.807, 2.05) is 0 Å². The Bertz CT molecular complexity index is 822. The molecule has 0 bridgehead atoms. The van der Waals surface area contributed by atoms with Crippen LogP contribution in [-0.2, 0) is 19.1 Å². The van der Waals surface area contributed by atoms with Crippen LogP contribution in [-0.4, -0.2) is 54.5 Å². The zero-order valence-electron chi connectivity index (χ0n) is 15.2. The third kappa shape index (κ3) is 4.04. The summed E-state index contributed by atoms with van der Waals surface area (Å²) in [4.78, 5) is 49.4. The quantitative estimate of drug-likeness (QED) is 0.546. The maximum Gasteiger partial charge on any atom is 0.326 e. The summed E-state index contributed by atoms with van der Waals surface area (Å²) in [7, 11) is 1.44. The van der Waals surface area contributed by atoms with Gasteiger partial charge < -0.3 is 20.1 Å². The molecule has 1 spiro atoms. The standard InChI is InChI=1S/C18H20ClN3O6/c1-27-13-5-4-11(19)8-12(13)20-14(23)10-28-15(24)9-22-16(25)18(21-17(22)26)6-2-3-7-18/h4-5,8H,2-3,6-7,9-10H2,1H3,(H,20,23)(H,21,26). The van der Waals surface area contributed by atoms with Crippen molar-refractivity contribution in [2.75, 3.05) is 25.6 Å². The van der Waals surface area contributed by atoms with Crippen molar-refractivity contribution in [1.29, 1.82) is 0 Å². The number of carbonyl (C=O) groups excluding carboxylic acids is 4. The highest BCUT2D eigenvalue weighted by atomic mass is 35.5. The van der Waals surface area contributed by atoms with E-state index in [0.29, 0.717) is 29.3 Å². The minimum Gasteiger partial charge on any atom is -0.495 e. The van der Waals surface area contributed by atoms with Crippen LogP contribution in [0.3, 0.4) is 0 Å². The van der Waals surface area contributed by atoms with E-state index in [9.17, 15) is 19.2 Å². The number of benzene rings is 1. The molecule has 0 aromatic heterocycles. The second-order valence-electron chi connectivity index (χ2n) is 6.66. The molecule has 2 N–H and O–H groups in total. The predicted molar refractivity (Wildman–Crippen MR) is 99.0 cm³/mol. The molecule has 3 rings (SSSR count). The topological polar surface area (TPSA) is 114 Å². The molecule has 1 saturated heterocycles. The fourth-order valence-corrected chi connectivity index (χ4v) is 3.59. The van der Waals surface area contributed by atoms with Gasteiger partial charge in [-0.1, -0.05) is 24.4 Å². The molecule has 0 unspecified atom stereocenters. The van der Waals surface area contributed by atoms with E-state index in [1.54, 1.807) is 12.1 Å². The summed E-state index contributed by atoms with van der Waals surface area (Å²) in [6.07, 6.45) is 2.81. The van der Waals surface area contributed by atoms with Crippen LogP contribution in [0.15, 0.2) is 18.2 Å². The Labute approximate surface area is 166 Å². The Morgan fingerprint density at radius 3 is 2.68 bits per heavy atom. The van der Waals surface area contributed by atoms with Gasteiger partial charge in [0.25, 0.3) is 11.8 Å². The molecule has 2 aliphatic rings. The van der Waals surface area contributed by atoms with Gasteiger partial charge >= 0.3 is 12.0 Å². The number of hydrogen-bond acceptors (Lipinski definition) is 6. The lowest BCUT2D eigenvalue weighted by Gasteiger charge is -2.19. The third-order valence-electron chi connectivity index (χ3n) is 4.79. The molecule has 1 heterocycles. The van der Waals surface area contributed by atoms with Gasteiger partial charge in [0.1, 0.15) is 17.8 Å². The summed E-state index contributed by atoms with van der Waals surface area (Å²) >= 11 is 5.89. The second kappa shape index (κ2) is 8.05. The number of nitrogens with one attached hydrogen (secondary N) is 2. The number of esters is 1. The van der Waals surface area contributed by atoms with Crippen molar-refractivity contribution in [3.63, 3.8) is 0 Å². The predicted octanol–water partition coefficient (Wildman–Crippen LogP) is 1.69. The van der Waals surface area contributed by atoms with Gasteiger partial charge in [-0.3, -0.25) is 19.3 Å². The SMILES string of the molecule is COc1ccc(Cl)cc1NC(=O)COC(=O)CN1C(=O)NC2(CCCC2)C1=O. The first-order chi connectivity index (χ1) is 13.3. The van der Waals surface area contributed by atoms with Gasteiger partial charge in [0.15, 0.2) is 6.61 Å². The smallest absolute Gasteiger partial charge is 0.326 e. The van der Waals surface area contributed by atoms with Crippen LogP contribution >= 0.6 is 11.6 Å². The minimum absolute atomic E-state index is 0.327. The summed E-state index contributed by atoms with van der Waals surface area (Å²) in [6, 6.07) is 4.07. The molecule has 1 aliphatic heterocycles. The van der Waals surface area contributed by atoms with E-state index in [2.05, 4.69) is 10.6 Å². The van der Waals surface area contributed by atoms with Gasteiger partial charge in [-0.15, -0.1) is 0 Å². The number of carbonyl (C=O) groups is 4. The van der Waals surface area contributed by atoms with Gasteiger partial charge in [0.05, 0.1) is 12.8 Å². The third-order valence-corrected chi connectivity index (χ3v) is 5.03. The molecule has 1 aromatic rings. The molecule has 1 aromatic carbocycles. The summed E-state index contributed by atoms with van der Waals surface area (Å²) in [5, 5.41) is 5.59. The van der Waals surface area contributed by atoms with E-state index in [4.69, 9.17) is 21.1 Å². The minimum atomic E-state index is -0.891. The van der Waals surface area contributed by atoms with Gasteiger partial charge in [-0.05, 0) is 31.0 Å². The number of imide groups is 1. The molecule has 1 saturated carbocycles. The Kier molecular flexibility index (Phi) is 5.73. The molecule has 0 atom stereocenters. The summed E-state index contributed by atoms with van der Waals surface area (Å²) in [6.45, 7) is -1.12. The lowest BCUT2D eigenvalue weighted by Crippen LogP contribution is -2.44. The summed E-state index contributed by atoms with van der Waals surface area (Å²) in [5.41, 5.74) is -0.564. The van der Waals surface area contributed by atoms with Crippen LogP contribution in [0.25, 0.3) is 0 Å². The molecule has 2 fully saturated rings. The molecule has 150 valence electrons. The molecular weight excluding hydrogens is 390 g/mol. The van der Waals surface area contributed by atoms with E-state index in [0.717, 1.165) is 17.7 Å². The van der Waals surface area contributed by atoms with Crippen LogP contribution < -0.4 is 15.4 Å². The van der Waals surface area contributed by atoms with E-state index in [1.165, 1.54) is 13.2 Å². The first kappa shape index (κ1) is 19.9. The Morgan fingerprint density at radius 1 is 1.29 bits per heavy atom. The average Bonchev–Trinajstić information content (AvgIpc) is 3.21. The fraction of sp³-hybridized carbons (Fsp3) is 0.444. The van der Waals surface area contributed by atoms with Crippen LogP contribution in [0.5, 0.6) is 5.75 Å². The highest BCUT2D eigenvalue weighted by Gasteiger charge is 2.52. The first-order valence-corrected chi connectivity index (χ1v) is 9.15.